The number of fused-ring (bicyclic) bond motifs is 1. The molecule has 2 amide bonds. The number of halogens is 3. The zero-order valence-corrected chi connectivity index (χ0v) is 13.2. The summed E-state index contributed by atoms with van der Waals surface area (Å²) in [6, 6.07) is 7.51. The molecule has 0 aromatic heterocycles. The van der Waals surface area contributed by atoms with E-state index in [1.807, 2.05) is 24.3 Å². The largest absolute Gasteiger partial charge is 0.411 e. The van der Waals surface area contributed by atoms with Crippen molar-refractivity contribution in [1.29, 1.82) is 0 Å². The molecule has 0 fully saturated rings. The lowest BCUT2D eigenvalue weighted by Crippen LogP contribution is -2.45. The first-order valence-corrected chi connectivity index (χ1v) is 7.62. The summed E-state index contributed by atoms with van der Waals surface area (Å²) in [5.41, 5.74) is 1.87. The van der Waals surface area contributed by atoms with Crippen LogP contribution in [0.1, 0.15) is 18.9 Å². The second-order valence-corrected chi connectivity index (χ2v) is 5.56. The molecule has 8 heteroatoms. The molecule has 0 saturated carbocycles. The number of hydrogen-bond acceptors (Lipinski definition) is 3. The Bertz CT molecular complexity index is 604. The molecule has 1 atom stereocenters. The van der Waals surface area contributed by atoms with Gasteiger partial charge in [-0.1, -0.05) is 18.2 Å². The molecule has 1 heterocycles. The summed E-state index contributed by atoms with van der Waals surface area (Å²) >= 11 is 0. The highest BCUT2D eigenvalue weighted by Gasteiger charge is 2.30. The SMILES string of the molecule is CC(OCC(F)(F)F)C(=O)NCC(=O)N1CCCc2ccccc21. The van der Waals surface area contributed by atoms with Crippen LogP contribution in [0.2, 0.25) is 0 Å². The van der Waals surface area contributed by atoms with Crippen molar-refractivity contribution in [3.63, 3.8) is 0 Å². The van der Waals surface area contributed by atoms with E-state index >= 15 is 0 Å². The van der Waals surface area contributed by atoms with E-state index < -0.39 is 24.8 Å². The number of nitrogens with zero attached hydrogens (tertiary/aromatic N) is 1. The summed E-state index contributed by atoms with van der Waals surface area (Å²) in [6.07, 6.45) is -4.08. The molecule has 1 aliphatic rings. The van der Waals surface area contributed by atoms with Crippen molar-refractivity contribution in [2.75, 3.05) is 24.6 Å². The van der Waals surface area contributed by atoms with E-state index in [1.165, 1.54) is 6.92 Å². The quantitative estimate of drug-likeness (QED) is 0.889. The van der Waals surface area contributed by atoms with Gasteiger partial charge in [0, 0.05) is 12.2 Å². The number of ether oxygens (including phenoxy) is 1. The third kappa shape index (κ3) is 4.95. The van der Waals surface area contributed by atoms with Crippen molar-refractivity contribution < 1.29 is 27.5 Å². The number of hydrogen-bond donors (Lipinski definition) is 1. The molecule has 24 heavy (non-hydrogen) atoms. The van der Waals surface area contributed by atoms with Gasteiger partial charge < -0.3 is 15.0 Å². The molecule has 0 aliphatic carbocycles. The molecule has 1 N–H and O–H groups in total. The fourth-order valence-electron chi connectivity index (χ4n) is 2.49. The number of para-hydroxylation sites is 1. The Morgan fingerprint density at radius 2 is 2.04 bits per heavy atom. The molecule has 1 aliphatic heterocycles. The van der Waals surface area contributed by atoms with Gasteiger partial charge in [0.15, 0.2) is 0 Å². The molecule has 0 bridgehead atoms. The Balaban J connectivity index is 1.86. The van der Waals surface area contributed by atoms with Gasteiger partial charge in [-0.15, -0.1) is 0 Å². The van der Waals surface area contributed by atoms with Gasteiger partial charge in [-0.05, 0) is 31.4 Å². The van der Waals surface area contributed by atoms with Crippen LogP contribution in [0, 0.1) is 0 Å². The van der Waals surface area contributed by atoms with Gasteiger partial charge in [0.1, 0.15) is 12.7 Å². The summed E-state index contributed by atoms with van der Waals surface area (Å²) in [7, 11) is 0. The van der Waals surface area contributed by atoms with Crippen molar-refractivity contribution in [3.05, 3.63) is 29.8 Å². The molecular weight excluding hydrogens is 325 g/mol. The summed E-state index contributed by atoms with van der Waals surface area (Å²) in [5, 5.41) is 2.32. The maximum atomic E-state index is 12.3. The monoisotopic (exact) mass is 344 g/mol. The molecule has 1 aromatic carbocycles. The van der Waals surface area contributed by atoms with E-state index in [4.69, 9.17) is 0 Å². The van der Waals surface area contributed by atoms with Gasteiger partial charge >= 0.3 is 6.18 Å². The molecule has 1 aromatic rings. The van der Waals surface area contributed by atoms with Crippen LogP contribution >= 0.6 is 0 Å². The standard InChI is InChI=1S/C16H19F3N2O3/c1-11(24-10-16(17,18)19)15(23)20-9-14(22)21-8-4-6-12-5-2-3-7-13(12)21/h2-3,5,7,11H,4,6,8-10H2,1H3,(H,20,23). The van der Waals surface area contributed by atoms with E-state index in [9.17, 15) is 22.8 Å². The Morgan fingerprint density at radius 3 is 2.75 bits per heavy atom. The van der Waals surface area contributed by atoms with E-state index in [0.717, 1.165) is 24.1 Å². The minimum absolute atomic E-state index is 0.285. The second kappa shape index (κ2) is 7.65. The lowest BCUT2D eigenvalue weighted by molar-refractivity contribution is -0.185. The van der Waals surface area contributed by atoms with Gasteiger partial charge in [0.05, 0.1) is 6.54 Å². The average Bonchev–Trinajstić information content (AvgIpc) is 2.56. The van der Waals surface area contributed by atoms with Crippen LogP contribution in [0.5, 0.6) is 0 Å². The molecule has 1 unspecified atom stereocenters. The third-order valence-corrected chi connectivity index (χ3v) is 3.69. The van der Waals surface area contributed by atoms with Crippen LogP contribution in [0.25, 0.3) is 0 Å². The molecule has 0 radical (unpaired) electrons. The molecule has 132 valence electrons. The maximum Gasteiger partial charge on any atom is 0.411 e. The highest BCUT2D eigenvalue weighted by atomic mass is 19.4. The van der Waals surface area contributed by atoms with E-state index in [2.05, 4.69) is 10.1 Å². The number of rotatable bonds is 5. The van der Waals surface area contributed by atoms with Gasteiger partial charge in [-0.2, -0.15) is 13.2 Å². The van der Waals surface area contributed by atoms with Gasteiger partial charge in [0.2, 0.25) is 11.8 Å². The van der Waals surface area contributed by atoms with E-state index in [1.54, 1.807) is 4.90 Å². The highest BCUT2D eigenvalue weighted by molar-refractivity contribution is 5.98. The third-order valence-electron chi connectivity index (χ3n) is 3.69. The Labute approximate surface area is 137 Å². The van der Waals surface area contributed by atoms with Crippen molar-refractivity contribution in [2.24, 2.45) is 0 Å². The number of alkyl halides is 3. The normalized spacial score (nSPS) is 15.6. The molecule has 0 spiro atoms. The van der Waals surface area contributed by atoms with Crippen molar-refractivity contribution in [3.8, 4) is 0 Å². The average molecular weight is 344 g/mol. The fraction of sp³-hybridized carbons (Fsp3) is 0.500. The Hall–Kier alpha value is -2.09. The smallest absolute Gasteiger partial charge is 0.359 e. The number of carbonyl (C=O) groups is 2. The minimum atomic E-state index is -4.50. The molecule has 0 saturated heterocycles. The number of nitrogens with one attached hydrogen (secondary N) is 1. The number of aryl methyl sites for hydroxylation is 1. The minimum Gasteiger partial charge on any atom is -0.359 e. The van der Waals surface area contributed by atoms with Crippen LogP contribution in [0.4, 0.5) is 18.9 Å². The first-order valence-electron chi connectivity index (χ1n) is 7.62. The lowest BCUT2D eigenvalue weighted by Gasteiger charge is -2.29. The predicted molar refractivity (Wildman–Crippen MR) is 81.6 cm³/mol. The summed E-state index contributed by atoms with van der Waals surface area (Å²) in [6.45, 7) is -0.0322. The van der Waals surface area contributed by atoms with Crippen LogP contribution < -0.4 is 10.2 Å². The Kier molecular flexibility index (Phi) is 5.82. The zero-order valence-electron chi connectivity index (χ0n) is 13.2. The summed E-state index contributed by atoms with van der Waals surface area (Å²) in [4.78, 5) is 25.6. The predicted octanol–water partition coefficient (Wildman–Crippen LogP) is 2.05. The van der Waals surface area contributed by atoms with E-state index in [0.29, 0.717) is 6.54 Å². The van der Waals surface area contributed by atoms with Crippen LogP contribution in [-0.4, -0.2) is 43.8 Å². The number of anilines is 1. The van der Waals surface area contributed by atoms with Gasteiger partial charge in [-0.3, -0.25) is 9.59 Å². The van der Waals surface area contributed by atoms with Crippen LogP contribution in [-0.2, 0) is 20.7 Å². The zero-order chi connectivity index (χ0) is 17.7. The van der Waals surface area contributed by atoms with Gasteiger partial charge in [-0.25, -0.2) is 0 Å². The number of carbonyl (C=O) groups excluding carboxylic acids is 2. The van der Waals surface area contributed by atoms with E-state index in [-0.39, 0.29) is 12.5 Å². The number of benzene rings is 1. The second-order valence-electron chi connectivity index (χ2n) is 5.56. The van der Waals surface area contributed by atoms with Gasteiger partial charge in [0.25, 0.3) is 0 Å². The maximum absolute atomic E-state index is 12.3. The van der Waals surface area contributed by atoms with Crippen LogP contribution in [0.3, 0.4) is 0 Å². The highest BCUT2D eigenvalue weighted by Crippen LogP contribution is 2.26. The Morgan fingerprint density at radius 1 is 1.33 bits per heavy atom. The molecule has 2 rings (SSSR count). The fourth-order valence-corrected chi connectivity index (χ4v) is 2.49. The number of amides is 2. The lowest BCUT2D eigenvalue weighted by atomic mass is 10.0. The summed E-state index contributed by atoms with van der Waals surface area (Å²) < 4.78 is 40.6. The topological polar surface area (TPSA) is 58.6 Å². The van der Waals surface area contributed by atoms with Crippen LogP contribution in [0.15, 0.2) is 24.3 Å². The van der Waals surface area contributed by atoms with Crippen molar-refractivity contribution in [1.82, 2.24) is 5.32 Å². The molecule has 5 nitrogen and oxygen atoms in total. The molecular formula is C16H19F3N2O3. The van der Waals surface area contributed by atoms with Crippen molar-refractivity contribution >= 4 is 17.5 Å². The summed E-state index contributed by atoms with van der Waals surface area (Å²) in [5.74, 6) is -1.06. The first-order chi connectivity index (χ1) is 11.3. The van der Waals surface area contributed by atoms with Crippen molar-refractivity contribution in [2.45, 2.75) is 32.0 Å². The first kappa shape index (κ1) is 18.3.